The largest absolute Gasteiger partial charge is 0.299 e. The first kappa shape index (κ1) is 15.7. The number of hydrogen-bond donors (Lipinski definition) is 0. The van der Waals surface area contributed by atoms with Gasteiger partial charge in [0.25, 0.3) is 0 Å². The minimum atomic E-state index is -0.706. The average Bonchev–Trinajstić information content (AvgIpc) is 2.90. The van der Waals surface area contributed by atoms with Gasteiger partial charge in [-0.15, -0.1) is 0 Å². The molecule has 4 nitrogen and oxygen atoms in total. The van der Waals surface area contributed by atoms with Gasteiger partial charge >= 0.3 is 0 Å². The van der Waals surface area contributed by atoms with Crippen molar-refractivity contribution in [2.45, 2.75) is 18.3 Å². The molecule has 1 heterocycles. The number of carbonyl (C=O) groups excluding carboxylic acids is 3. The van der Waals surface area contributed by atoms with Crippen molar-refractivity contribution in [3.05, 3.63) is 64.4 Å². The van der Waals surface area contributed by atoms with E-state index < -0.39 is 29.5 Å². The van der Waals surface area contributed by atoms with Gasteiger partial charge < -0.3 is 0 Å². The Morgan fingerprint density at radius 2 is 1.65 bits per heavy atom. The van der Waals surface area contributed by atoms with Crippen LogP contribution in [0.4, 0.5) is 10.1 Å². The molecule has 1 aliphatic heterocycles. The van der Waals surface area contributed by atoms with Gasteiger partial charge in [0.15, 0.2) is 0 Å². The van der Waals surface area contributed by atoms with Crippen LogP contribution in [0.2, 0.25) is 5.02 Å². The molecule has 1 saturated heterocycles. The van der Waals surface area contributed by atoms with Gasteiger partial charge in [0, 0.05) is 12.3 Å². The van der Waals surface area contributed by atoms with Gasteiger partial charge in [-0.2, -0.15) is 0 Å². The topological polar surface area (TPSA) is 54.5 Å². The summed E-state index contributed by atoms with van der Waals surface area (Å²) in [5.41, 5.74) is 1.98. The maximum atomic E-state index is 13.9. The van der Waals surface area contributed by atoms with Crippen LogP contribution in [0.5, 0.6) is 0 Å². The lowest BCUT2D eigenvalue weighted by Gasteiger charge is -2.43. The fraction of sp³-hybridized carbons (Fsp3) is 0.250. The molecule has 2 aromatic carbocycles. The number of Topliss-reactive ketones (excluding diaryl/α,β-unsaturated/α-hetero) is 1. The van der Waals surface area contributed by atoms with Crippen molar-refractivity contribution in [2.75, 3.05) is 4.90 Å². The van der Waals surface area contributed by atoms with Crippen molar-refractivity contribution < 1.29 is 18.8 Å². The maximum Gasteiger partial charge on any atom is 0.238 e. The van der Waals surface area contributed by atoms with Gasteiger partial charge in [-0.3, -0.25) is 14.4 Å². The summed E-state index contributed by atoms with van der Waals surface area (Å²) in [6, 6.07) is 11.4. The van der Waals surface area contributed by atoms with Crippen LogP contribution in [0, 0.1) is 17.7 Å². The number of fused-ring (bicyclic) bond motifs is 1. The quantitative estimate of drug-likeness (QED) is 0.723. The smallest absolute Gasteiger partial charge is 0.238 e. The molecule has 2 amide bonds. The van der Waals surface area contributed by atoms with Crippen LogP contribution in [0.1, 0.15) is 29.4 Å². The van der Waals surface area contributed by atoms with E-state index in [1.165, 1.54) is 12.1 Å². The Labute approximate surface area is 153 Å². The Balaban J connectivity index is 1.65. The summed E-state index contributed by atoms with van der Waals surface area (Å²) in [7, 11) is 0. The van der Waals surface area contributed by atoms with Crippen LogP contribution >= 0.6 is 11.6 Å². The van der Waals surface area contributed by atoms with E-state index in [0.717, 1.165) is 22.1 Å². The first-order valence-electron chi connectivity index (χ1n) is 8.43. The normalized spacial score (nSPS) is 29.2. The summed E-state index contributed by atoms with van der Waals surface area (Å²) >= 11 is 5.71. The van der Waals surface area contributed by atoms with Crippen LogP contribution in [-0.4, -0.2) is 17.6 Å². The molecular formula is C20H13ClFNO3. The van der Waals surface area contributed by atoms with Crippen LogP contribution < -0.4 is 4.90 Å². The minimum Gasteiger partial charge on any atom is -0.299 e. The molecule has 6 rings (SSSR count). The molecule has 130 valence electrons. The molecule has 2 bridgehead atoms. The van der Waals surface area contributed by atoms with Crippen LogP contribution in [0.25, 0.3) is 0 Å². The molecule has 4 aliphatic rings. The van der Waals surface area contributed by atoms with Crippen molar-refractivity contribution in [3.63, 3.8) is 0 Å². The summed E-state index contributed by atoms with van der Waals surface area (Å²) in [5, 5.41) is -0.0760. The molecule has 2 aromatic rings. The Hall–Kier alpha value is -2.53. The molecule has 0 radical (unpaired) electrons. The van der Waals surface area contributed by atoms with Crippen molar-refractivity contribution in [1.82, 2.24) is 0 Å². The highest BCUT2D eigenvalue weighted by Gasteiger charge is 2.62. The van der Waals surface area contributed by atoms with E-state index in [4.69, 9.17) is 11.6 Å². The van der Waals surface area contributed by atoms with Gasteiger partial charge in [0.05, 0.1) is 28.5 Å². The second-order valence-corrected chi connectivity index (χ2v) is 7.45. The number of anilines is 1. The number of halogens is 2. The highest BCUT2D eigenvalue weighted by atomic mass is 35.5. The van der Waals surface area contributed by atoms with Crippen LogP contribution in [0.3, 0.4) is 0 Å². The van der Waals surface area contributed by atoms with Crippen LogP contribution in [-0.2, 0) is 14.4 Å². The number of benzene rings is 2. The zero-order valence-electron chi connectivity index (χ0n) is 13.5. The number of rotatable bonds is 1. The second-order valence-electron chi connectivity index (χ2n) is 7.05. The van der Waals surface area contributed by atoms with Crippen LogP contribution in [0.15, 0.2) is 42.5 Å². The second kappa shape index (κ2) is 5.24. The molecule has 0 spiro atoms. The van der Waals surface area contributed by atoms with Crippen molar-refractivity contribution in [2.24, 2.45) is 11.8 Å². The van der Waals surface area contributed by atoms with E-state index in [1.807, 2.05) is 24.3 Å². The zero-order valence-corrected chi connectivity index (χ0v) is 14.2. The van der Waals surface area contributed by atoms with E-state index in [1.54, 1.807) is 0 Å². The molecular weight excluding hydrogens is 357 g/mol. The molecule has 2 fully saturated rings. The number of carbonyl (C=O) groups is 3. The minimum absolute atomic E-state index is 0.000219. The number of ketones is 1. The van der Waals surface area contributed by atoms with Crippen molar-refractivity contribution in [1.29, 1.82) is 0 Å². The lowest BCUT2D eigenvalue weighted by Crippen LogP contribution is -2.44. The predicted molar refractivity (Wildman–Crippen MR) is 92.4 cm³/mol. The maximum absolute atomic E-state index is 13.9. The summed E-state index contributed by atoms with van der Waals surface area (Å²) in [6.07, 6.45) is 0.269. The first-order chi connectivity index (χ1) is 12.5. The Kier molecular flexibility index (Phi) is 3.16. The SMILES string of the molecule is O=C1C[C@H]2c3ccccc3[C@H]1[C@@H]1C(=O)N(c3ccc(Cl)c(F)c3)C(=O)[C@H]12. The van der Waals surface area contributed by atoms with Gasteiger partial charge in [0.1, 0.15) is 11.6 Å². The third-order valence-electron chi connectivity index (χ3n) is 5.85. The van der Waals surface area contributed by atoms with Gasteiger partial charge in [-0.05, 0) is 29.3 Å². The summed E-state index contributed by atoms with van der Waals surface area (Å²) in [4.78, 5) is 39.8. The Morgan fingerprint density at radius 3 is 2.38 bits per heavy atom. The first-order valence-corrected chi connectivity index (χ1v) is 8.81. The molecule has 4 atom stereocenters. The lowest BCUT2D eigenvalue weighted by atomic mass is 9.56. The summed E-state index contributed by atoms with van der Waals surface area (Å²) < 4.78 is 13.9. The van der Waals surface area contributed by atoms with E-state index in [-0.39, 0.29) is 34.7 Å². The zero-order chi connectivity index (χ0) is 18.2. The number of imide groups is 1. The monoisotopic (exact) mass is 369 g/mol. The molecule has 6 heteroatoms. The summed E-state index contributed by atoms with van der Waals surface area (Å²) in [5.74, 6) is -3.66. The lowest BCUT2D eigenvalue weighted by molar-refractivity contribution is -0.134. The number of amides is 2. The van der Waals surface area contributed by atoms with E-state index >= 15 is 0 Å². The average molecular weight is 370 g/mol. The van der Waals surface area contributed by atoms with E-state index in [0.29, 0.717) is 0 Å². The molecule has 26 heavy (non-hydrogen) atoms. The third-order valence-corrected chi connectivity index (χ3v) is 6.16. The van der Waals surface area contributed by atoms with E-state index in [2.05, 4.69) is 0 Å². The molecule has 1 saturated carbocycles. The van der Waals surface area contributed by atoms with Gasteiger partial charge in [-0.1, -0.05) is 35.9 Å². The molecule has 0 unspecified atom stereocenters. The standard InChI is InChI=1S/C20H13ClFNO3/c21-13-6-5-9(7-14(13)22)23-19(25)17-12-8-15(24)16(18(17)20(23)26)11-4-2-1-3-10(11)12/h1-7,12,16-18H,8H2/t12-,16+,17-,18-/m0/s1. The fourth-order valence-corrected chi connectivity index (χ4v) is 4.96. The fourth-order valence-electron chi connectivity index (χ4n) is 4.84. The molecule has 0 aromatic heterocycles. The summed E-state index contributed by atoms with van der Waals surface area (Å²) in [6.45, 7) is 0. The van der Waals surface area contributed by atoms with E-state index in [9.17, 15) is 18.8 Å². The van der Waals surface area contributed by atoms with Crippen molar-refractivity contribution in [3.8, 4) is 0 Å². The highest BCUT2D eigenvalue weighted by molar-refractivity contribution is 6.31. The molecule has 0 N–H and O–H groups in total. The van der Waals surface area contributed by atoms with Gasteiger partial charge in [0.2, 0.25) is 11.8 Å². The highest BCUT2D eigenvalue weighted by Crippen LogP contribution is 2.57. The molecule has 3 aliphatic carbocycles. The van der Waals surface area contributed by atoms with Crippen molar-refractivity contribution >= 4 is 34.9 Å². The van der Waals surface area contributed by atoms with Gasteiger partial charge in [-0.25, -0.2) is 9.29 Å². The Morgan fingerprint density at radius 1 is 0.962 bits per heavy atom. The predicted octanol–water partition coefficient (Wildman–Crippen LogP) is 3.44. The Bertz CT molecular complexity index is 1000. The third kappa shape index (κ3) is 1.86. The number of hydrogen-bond acceptors (Lipinski definition) is 3. The number of nitrogens with zero attached hydrogens (tertiary/aromatic N) is 1.